The van der Waals surface area contributed by atoms with Gasteiger partial charge in [0.2, 0.25) is 0 Å². The van der Waals surface area contributed by atoms with Crippen molar-refractivity contribution in [1.82, 2.24) is 24.6 Å². The van der Waals surface area contributed by atoms with Crippen molar-refractivity contribution in [3.05, 3.63) is 85.9 Å². The molecule has 7 nitrogen and oxygen atoms in total. The molecule has 4 aromatic rings. The Morgan fingerprint density at radius 2 is 1.97 bits per heavy atom. The molecule has 3 heterocycles. The van der Waals surface area contributed by atoms with Crippen LogP contribution in [0.5, 0.6) is 0 Å². The van der Waals surface area contributed by atoms with Gasteiger partial charge >= 0.3 is 5.69 Å². The summed E-state index contributed by atoms with van der Waals surface area (Å²) in [5.41, 5.74) is 6.08. The van der Waals surface area contributed by atoms with E-state index in [4.69, 9.17) is 0 Å². The summed E-state index contributed by atoms with van der Waals surface area (Å²) in [4.78, 5) is 33.0. The maximum absolute atomic E-state index is 12.3. The van der Waals surface area contributed by atoms with Crippen LogP contribution >= 0.6 is 0 Å². The number of aromatic amines is 2. The lowest BCUT2D eigenvalue weighted by Gasteiger charge is -2.09. The molecule has 2 fully saturated rings. The maximum Gasteiger partial charge on any atom is 0.325 e. The SMILES string of the molecule is Cc1ccc([C@H]2CC2c2cc(-c3c[nH]c(=O)[nH]c3=O)nn3ccnc23)cc1C1CC1. The number of aromatic nitrogens is 5. The van der Waals surface area contributed by atoms with E-state index in [0.29, 0.717) is 23.1 Å². The Morgan fingerprint density at radius 3 is 2.77 bits per heavy atom. The van der Waals surface area contributed by atoms with Gasteiger partial charge in [0.05, 0.1) is 11.3 Å². The molecule has 2 aliphatic rings. The molecule has 7 heteroatoms. The average Bonchev–Trinajstić information content (AvgIpc) is 3.65. The minimum absolute atomic E-state index is 0.341. The quantitative estimate of drug-likeness (QED) is 0.551. The summed E-state index contributed by atoms with van der Waals surface area (Å²) in [5.74, 6) is 1.53. The third-order valence-corrected chi connectivity index (χ3v) is 6.42. The van der Waals surface area contributed by atoms with Crippen molar-refractivity contribution in [1.29, 1.82) is 0 Å². The second-order valence-corrected chi connectivity index (χ2v) is 8.50. The molecule has 3 aromatic heterocycles. The highest BCUT2D eigenvalue weighted by Crippen LogP contribution is 2.56. The summed E-state index contributed by atoms with van der Waals surface area (Å²) < 4.78 is 1.72. The third kappa shape index (κ3) is 2.81. The molecule has 0 bridgehead atoms. The van der Waals surface area contributed by atoms with Crippen molar-refractivity contribution in [2.45, 2.75) is 43.9 Å². The van der Waals surface area contributed by atoms with Crippen LogP contribution in [-0.4, -0.2) is 24.6 Å². The second-order valence-electron chi connectivity index (χ2n) is 8.50. The highest BCUT2D eigenvalue weighted by Gasteiger charge is 2.42. The maximum atomic E-state index is 12.3. The van der Waals surface area contributed by atoms with Crippen LogP contribution in [0, 0.1) is 6.92 Å². The van der Waals surface area contributed by atoms with Crippen LogP contribution in [0.3, 0.4) is 0 Å². The zero-order chi connectivity index (χ0) is 20.4. The van der Waals surface area contributed by atoms with Crippen LogP contribution in [0.2, 0.25) is 0 Å². The molecular weight excluding hydrogens is 378 g/mol. The number of rotatable bonds is 4. The first-order valence-corrected chi connectivity index (χ1v) is 10.4. The third-order valence-electron chi connectivity index (χ3n) is 6.42. The highest BCUT2D eigenvalue weighted by atomic mass is 16.2. The molecule has 0 saturated heterocycles. The number of imidazole rings is 1. The summed E-state index contributed by atoms with van der Waals surface area (Å²) in [6, 6.07) is 8.85. The van der Waals surface area contributed by atoms with Crippen LogP contribution in [0.15, 0.2) is 52.4 Å². The van der Waals surface area contributed by atoms with Gasteiger partial charge in [0, 0.05) is 24.2 Å². The Bertz CT molecular complexity index is 1410. The van der Waals surface area contributed by atoms with Gasteiger partial charge in [-0.15, -0.1) is 0 Å². The number of fused-ring (bicyclic) bond motifs is 1. The van der Waals surface area contributed by atoms with Gasteiger partial charge in [-0.1, -0.05) is 18.2 Å². The van der Waals surface area contributed by atoms with Gasteiger partial charge < -0.3 is 4.98 Å². The van der Waals surface area contributed by atoms with Gasteiger partial charge in [-0.05, 0) is 66.7 Å². The molecule has 2 atom stereocenters. The molecule has 0 aliphatic heterocycles. The molecular formula is C23H21N5O2. The minimum atomic E-state index is -0.527. The Balaban J connectivity index is 1.42. The molecule has 6 rings (SSSR count). The Morgan fingerprint density at radius 1 is 1.10 bits per heavy atom. The zero-order valence-corrected chi connectivity index (χ0v) is 16.6. The van der Waals surface area contributed by atoms with E-state index in [9.17, 15) is 9.59 Å². The fraction of sp³-hybridized carbons (Fsp3) is 0.304. The predicted molar refractivity (Wildman–Crippen MR) is 113 cm³/mol. The monoisotopic (exact) mass is 399 g/mol. The molecule has 30 heavy (non-hydrogen) atoms. The fourth-order valence-electron chi connectivity index (χ4n) is 4.58. The number of hydrogen-bond donors (Lipinski definition) is 2. The first kappa shape index (κ1) is 17.4. The molecule has 1 unspecified atom stereocenters. The topological polar surface area (TPSA) is 95.9 Å². The number of hydrogen-bond acceptors (Lipinski definition) is 4. The standard InChI is InChI=1S/C23H21N5O2/c1-12-2-3-14(8-15(12)13-4-5-13)16-9-17(16)18-10-20(27-28-7-6-24-21(18)28)19-11-25-23(30)26-22(19)29/h2-3,6-8,10-11,13,16-17H,4-5,9H2,1H3,(H2,25,26,29,30)/t16-,17?/m1/s1. The van der Waals surface area contributed by atoms with Gasteiger partial charge in [0.1, 0.15) is 0 Å². The van der Waals surface area contributed by atoms with Crippen molar-refractivity contribution in [3.63, 3.8) is 0 Å². The first-order valence-electron chi connectivity index (χ1n) is 10.4. The summed E-state index contributed by atoms with van der Waals surface area (Å²) >= 11 is 0. The van der Waals surface area contributed by atoms with Gasteiger partial charge in [-0.25, -0.2) is 14.3 Å². The largest absolute Gasteiger partial charge is 0.325 e. The van der Waals surface area contributed by atoms with Crippen molar-refractivity contribution in [2.75, 3.05) is 0 Å². The Kier molecular flexibility index (Phi) is 3.63. The van der Waals surface area contributed by atoms with E-state index in [1.54, 1.807) is 16.9 Å². The van der Waals surface area contributed by atoms with Gasteiger partial charge in [-0.3, -0.25) is 9.78 Å². The number of aryl methyl sites for hydroxylation is 1. The van der Waals surface area contributed by atoms with Crippen LogP contribution in [-0.2, 0) is 0 Å². The molecule has 2 aliphatic carbocycles. The highest BCUT2D eigenvalue weighted by molar-refractivity contribution is 5.63. The van der Waals surface area contributed by atoms with E-state index < -0.39 is 11.2 Å². The van der Waals surface area contributed by atoms with Gasteiger partial charge in [0.15, 0.2) is 5.65 Å². The Hall–Kier alpha value is -3.48. The van der Waals surface area contributed by atoms with Gasteiger partial charge in [-0.2, -0.15) is 5.10 Å². The van der Waals surface area contributed by atoms with E-state index in [1.807, 2.05) is 6.07 Å². The minimum Gasteiger partial charge on any atom is -0.313 e. The van der Waals surface area contributed by atoms with Crippen molar-refractivity contribution in [3.8, 4) is 11.3 Å². The zero-order valence-electron chi connectivity index (χ0n) is 16.6. The van der Waals surface area contributed by atoms with Crippen LogP contribution < -0.4 is 11.2 Å². The van der Waals surface area contributed by atoms with E-state index in [2.05, 4.69) is 45.2 Å². The number of benzene rings is 1. The average molecular weight is 399 g/mol. The van der Waals surface area contributed by atoms with Crippen molar-refractivity contribution in [2.24, 2.45) is 0 Å². The number of nitrogens with one attached hydrogen (secondary N) is 2. The van der Waals surface area contributed by atoms with E-state index >= 15 is 0 Å². The lowest BCUT2D eigenvalue weighted by Crippen LogP contribution is -2.23. The molecule has 0 radical (unpaired) electrons. The predicted octanol–water partition coefficient (Wildman–Crippen LogP) is 3.23. The van der Waals surface area contributed by atoms with Gasteiger partial charge in [0.25, 0.3) is 5.56 Å². The van der Waals surface area contributed by atoms with E-state index in [1.165, 1.54) is 35.7 Å². The Labute approximate surface area is 171 Å². The summed E-state index contributed by atoms with van der Waals surface area (Å²) in [5, 5.41) is 4.53. The number of nitrogens with zero attached hydrogens (tertiary/aromatic N) is 3. The van der Waals surface area contributed by atoms with Crippen LogP contribution in [0.25, 0.3) is 16.9 Å². The molecule has 0 spiro atoms. The normalized spacial score (nSPS) is 20.6. The number of H-pyrrole nitrogens is 2. The smallest absolute Gasteiger partial charge is 0.313 e. The first-order chi connectivity index (χ1) is 14.6. The van der Waals surface area contributed by atoms with Crippen LogP contribution in [0.1, 0.15) is 59.3 Å². The van der Waals surface area contributed by atoms with Crippen molar-refractivity contribution >= 4 is 5.65 Å². The van der Waals surface area contributed by atoms with E-state index in [-0.39, 0.29) is 0 Å². The lowest BCUT2D eigenvalue weighted by atomic mass is 9.97. The summed E-state index contributed by atoms with van der Waals surface area (Å²) in [6.45, 7) is 2.20. The fourth-order valence-corrected chi connectivity index (χ4v) is 4.58. The summed E-state index contributed by atoms with van der Waals surface area (Å²) in [6.07, 6.45) is 8.59. The summed E-state index contributed by atoms with van der Waals surface area (Å²) in [7, 11) is 0. The molecule has 150 valence electrons. The second kappa shape index (κ2) is 6.26. The molecule has 0 amide bonds. The van der Waals surface area contributed by atoms with E-state index in [0.717, 1.165) is 23.5 Å². The molecule has 2 saturated carbocycles. The lowest BCUT2D eigenvalue weighted by molar-refractivity contribution is 0.905. The van der Waals surface area contributed by atoms with Crippen LogP contribution in [0.4, 0.5) is 0 Å². The van der Waals surface area contributed by atoms with Crippen molar-refractivity contribution < 1.29 is 0 Å². The molecule has 1 aromatic carbocycles. The molecule has 2 N–H and O–H groups in total.